The van der Waals surface area contributed by atoms with Gasteiger partial charge in [0.25, 0.3) is 0 Å². The first-order valence-electron chi connectivity index (χ1n) is 7.28. The van der Waals surface area contributed by atoms with Gasteiger partial charge in [-0.1, -0.05) is 30.3 Å². The van der Waals surface area contributed by atoms with Gasteiger partial charge >= 0.3 is 0 Å². The first-order chi connectivity index (χ1) is 8.77. The normalized spacial score (nSPS) is 20.7. The van der Waals surface area contributed by atoms with Crippen molar-refractivity contribution in [3.05, 3.63) is 35.9 Å². The van der Waals surface area contributed by atoms with Gasteiger partial charge in [-0.2, -0.15) is 0 Å². The summed E-state index contributed by atoms with van der Waals surface area (Å²) in [5, 5.41) is 3.62. The molecule has 0 aliphatic carbocycles. The Labute approximate surface area is 111 Å². The number of nitrogens with one attached hydrogen (secondary N) is 1. The second-order valence-corrected chi connectivity index (χ2v) is 5.57. The maximum absolute atomic E-state index is 3.62. The Morgan fingerprint density at radius 3 is 2.78 bits per heavy atom. The van der Waals surface area contributed by atoms with Crippen LogP contribution in [0.3, 0.4) is 0 Å². The van der Waals surface area contributed by atoms with E-state index in [0.717, 1.165) is 25.6 Å². The van der Waals surface area contributed by atoms with Gasteiger partial charge in [-0.15, -0.1) is 0 Å². The van der Waals surface area contributed by atoms with Gasteiger partial charge < -0.3 is 5.32 Å². The Bertz CT molecular complexity index is 334. The highest BCUT2D eigenvalue weighted by Gasteiger charge is 2.25. The number of likely N-dealkylation sites (tertiary alicyclic amines) is 1. The summed E-state index contributed by atoms with van der Waals surface area (Å²) in [6.45, 7) is 8.13. The number of nitrogens with zero attached hydrogens (tertiary/aromatic N) is 1. The molecule has 0 aromatic heterocycles. The SMILES string of the molecule is CC(C)N1CCCC1CNCCc1ccccc1. The Kier molecular flexibility index (Phi) is 5.21. The highest BCUT2D eigenvalue weighted by molar-refractivity contribution is 5.14. The molecular weight excluding hydrogens is 220 g/mol. The van der Waals surface area contributed by atoms with Crippen molar-refractivity contribution in [1.82, 2.24) is 10.2 Å². The Morgan fingerprint density at radius 2 is 2.06 bits per heavy atom. The molecule has 1 aromatic carbocycles. The fraction of sp³-hybridized carbons (Fsp3) is 0.625. The summed E-state index contributed by atoms with van der Waals surface area (Å²) in [4.78, 5) is 2.63. The van der Waals surface area contributed by atoms with Gasteiger partial charge in [-0.05, 0) is 51.8 Å². The van der Waals surface area contributed by atoms with Crippen LogP contribution in [-0.2, 0) is 6.42 Å². The summed E-state index contributed by atoms with van der Waals surface area (Å²) in [5.74, 6) is 0. The minimum absolute atomic E-state index is 0.688. The lowest BCUT2D eigenvalue weighted by atomic mass is 10.1. The van der Waals surface area contributed by atoms with Crippen LogP contribution in [0.2, 0.25) is 0 Å². The van der Waals surface area contributed by atoms with Crippen molar-refractivity contribution in [2.75, 3.05) is 19.6 Å². The van der Waals surface area contributed by atoms with Crippen LogP contribution in [0.1, 0.15) is 32.3 Å². The van der Waals surface area contributed by atoms with Crippen LogP contribution in [0.5, 0.6) is 0 Å². The van der Waals surface area contributed by atoms with E-state index in [1.54, 1.807) is 0 Å². The molecule has 2 heteroatoms. The zero-order valence-corrected chi connectivity index (χ0v) is 11.7. The largest absolute Gasteiger partial charge is 0.315 e. The number of benzene rings is 1. The molecule has 0 radical (unpaired) electrons. The predicted molar refractivity (Wildman–Crippen MR) is 77.9 cm³/mol. The maximum atomic E-state index is 3.62. The van der Waals surface area contributed by atoms with Gasteiger partial charge in [0.2, 0.25) is 0 Å². The summed E-state index contributed by atoms with van der Waals surface area (Å²) in [6, 6.07) is 12.2. The second-order valence-electron chi connectivity index (χ2n) is 5.57. The number of rotatable bonds is 6. The van der Waals surface area contributed by atoms with E-state index in [0.29, 0.717) is 6.04 Å². The molecule has 0 saturated carbocycles. The minimum Gasteiger partial charge on any atom is -0.315 e. The molecule has 0 amide bonds. The molecule has 2 nitrogen and oxygen atoms in total. The van der Waals surface area contributed by atoms with Crippen LogP contribution in [0.25, 0.3) is 0 Å². The third kappa shape index (κ3) is 3.82. The van der Waals surface area contributed by atoms with Crippen LogP contribution in [0, 0.1) is 0 Å². The standard InChI is InChI=1S/C16H26N2/c1-14(2)18-12-6-9-16(18)13-17-11-10-15-7-4-3-5-8-15/h3-5,7-8,14,16-17H,6,9-13H2,1-2H3. The lowest BCUT2D eigenvalue weighted by Gasteiger charge is -2.28. The van der Waals surface area contributed by atoms with E-state index in [4.69, 9.17) is 0 Å². The molecule has 18 heavy (non-hydrogen) atoms. The van der Waals surface area contributed by atoms with Gasteiger partial charge in [0.05, 0.1) is 0 Å². The second kappa shape index (κ2) is 6.91. The molecule has 1 aliphatic rings. The molecule has 1 atom stereocenters. The summed E-state index contributed by atoms with van der Waals surface area (Å²) in [6.07, 6.45) is 3.86. The predicted octanol–water partition coefficient (Wildman–Crippen LogP) is 2.69. The molecular formula is C16H26N2. The summed E-state index contributed by atoms with van der Waals surface area (Å²) < 4.78 is 0. The van der Waals surface area contributed by atoms with Crippen molar-refractivity contribution < 1.29 is 0 Å². The van der Waals surface area contributed by atoms with E-state index in [-0.39, 0.29) is 0 Å². The van der Waals surface area contributed by atoms with Crippen molar-refractivity contribution in [2.45, 2.75) is 45.2 Å². The highest BCUT2D eigenvalue weighted by Crippen LogP contribution is 2.19. The van der Waals surface area contributed by atoms with Crippen molar-refractivity contribution in [3.63, 3.8) is 0 Å². The molecule has 1 saturated heterocycles. The van der Waals surface area contributed by atoms with E-state index >= 15 is 0 Å². The lowest BCUT2D eigenvalue weighted by molar-refractivity contribution is 0.200. The summed E-state index contributed by atoms with van der Waals surface area (Å²) in [7, 11) is 0. The Morgan fingerprint density at radius 1 is 1.28 bits per heavy atom. The third-order valence-electron chi connectivity index (χ3n) is 3.90. The molecule has 100 valence electrons. The van der Waals surface area contributed by atoms with Crippen molar-refractivity contribution >= 4 is 0 Å². The molecule has 1 aliphatic heterocycles. The van der Waals surface area contributed by atoms with Crippen molar-refractivity contribution in [3.8, 4) is 0 Å². The van der Waals surface area contributed by atoms with E-state index in [9.17, 15) is 0 Å². The zero-order valence-electron chi connectivity index (χ0n) is 11.7. The fourth-order valence-corrected chi connectivity index (χ4v) is 2.90. The van der Waals surface area contributed by atoms with Crippen LogP contribution in [0.4, 0.5) is 0 Å². The quantitative estimate of drug-likeness (QED) is 0.776. The van der Waals surface area contributed by atoms with Crippen molar-refractivity contribution in [1.29, 1.82) is 0 Å². The molecule has 1 unspecified atom stereocenters. The van der Waals surface area contributed by atoms with Gasteiger partial charge in [0.1, 0.15) is 0 Å². The van der Waals surface area contributed by atoms with E-state index < -0.39 is 0 Å². The first kappa shape index (κ1) is 13.6. The summed E-state index contributed by atoms with van der Waals surface area (Å²) in [5.41, 5.74) is 1.43. The number of hydrogen-bond donors (Lipinski definition) is 1. The van der Waals surface area contributed by atoms with Gasteiger partial charge in [0, 0.05) is 18.6 Å². The first-order valence-corrected chi connectivity index (χ1v) is 7.28. The molecule has 1 fully saturated rings. The molecule has 1 N–H and O–H groups in total. The van der Waals surface area contributed by atoms with E-state index in [2.05, 4.69) is 54.4 Å². The summed E-state index contributed by atoms with van der Waals surface area (Å²) >= 11 is 0. The Balaban J connectivity index is 1.66. The third-order valence-corrected chi connectivity index (χ3v) is 3.90. The van der Waals surface area contributed by atoms with E-state index in [1.807, 2.05) is 0 Å². The maximum Gasteiger partial charge on any atom is 0.0223 e. The lowest BCUT2D eigenvalue weighted by Crippen LogP contribution is -2.42. The topological polar surface area (TPSA) is 15.3 Å². The van der Waals surface area contributed by atoms with E-state index in [1.165, 1.54) is 24.9 Å². The number of hydrogen-bond acceptors (Lipinski definition) is 2. The van der Waals surface area contributed by atoms with Gasteiger partial charge in [-0.3, -0.25) is 4.90 Å². The van der Waals surface area contributed by atoms with Crippen LogP contribution in [-0.4, -0.2) is 36.6 Å². The van der Waals surface area contributed by atoms with Gasteiger partial charge in [-0.25, -0.2) is 0 Å². The molecule has 1 aromatic rings. The molecule has 0 bridgehead atoms. The molecule has 2 rings (SSSR count). The average Bonchev–Trinajstić information content (AvgIpc) is 2.84. The Hall–Kier alpha value is -0.860. The average molecular weight is 246 g/mol. The monoisotopic (exact) mass is 246 g/mol. The van der Waals surface area contributed by atoms with Gasteiger partial charge in [0.15, 0.2) is 0 Å². The fourth-order valence-electron chi connectivity index (χ4n) is 2.90. The van der Waals surface area contributed by atoms with Crippen LogP contribution < -0.4 is 5.32 Å². The molecule has 0 spiro atoms. The molecule has 1 heterocycles. The zero-order chi connectivity index (χ0) is 12.8. The van der Waals surface area contributed by atoms with Crippen molar-refractivity contribution in [2.24, 2.45) is 0 Å². The highest BCUT2D eigenvalue weighted by atomic mass is 15.2. The smallest absolute Gasteiger partial charge is 0.0223 e. The van der Waals surface area contributed by atoms with Crippen LogP contribution in [0.15, 0.2) is 30.3 Å². The minimum atomic E-state index is 0.688. The van der Waals surface area contributed by atoms with Crippen LogP contribution >= 0.6 is 0 Å².